The first-order valence-electron chi connectivity index (χ1n) is 4.83. The Balaban J connectivity index is 2.29. The summed E-state index contributed by atoms with van der Waals surface area (Å²) in [7, 11) is 0. The van der Waals surface area contributed by atoms with Crippen molar-refractivity contribution >= 4 is 0 Å². The van der Waals surface area contributed by atoms with Crippen LogP contribution in [0.25, 0.3) is 0 Å². The molecule has 2 aromatic heterocycles. The SMILES string of the molecule is Cc1noc(C)c1Cn1cncc1CN. The van der Waals surface area contributed by atoms with Crippen LogP contribution < -0.4 is 5.73 Å². The monoisotopic (exact) mass is 206 g/mol. The molecular weight excluding hydrogens is 192 g/mol. The van der Waals surface area contributed by atoms with E-state index < -0.39 is 0 Å². The predicted molar refractivity (Wildman–Crippen MR) is 55.2 cm³/mol. The third kappa shape index (κ3) is 1.78. The van der Waals surface area contributed by atoms with Gasteiger partial charge in [0.15, 0.2) is 0 Å². The Morgan fingerprint density at radius 3 is 2.87 bits per heavy atom. The molecule has 0 fully saturated rings. The van der Waals surface area contributed by atoms with Crippen LogP contribution in [-0.4, -0.2) is 14.7 Å². The molecule has 0 aromatic carbocycles. The van der Waals surface area contributed by atoms with E-state index >= 15 is 0 Å². The summed E-state index contributed by atoms with van der Waals surface area (Å²) in [6.07, 6.45) is 3.55. The van der Waals surface area contributed by atoms with E-state index in [1.807, 2.05) is 18.4 Å². The Morgan fingerprint density at radius 1 is 1.47 bits per heavy atom. The Hall–Kier alpha value is -1.62. The molecule has 2 rings (SSSR count). The van der Waals surface area contributed by atoms with Gasteiger partial charge in [0.2, 0.25) is 0 Å². The number of aromatic nitrogens is 3. The van der Waals surface area contributed by atoms with Gasteiger partial charge >= 0.3 is 0 Å². The smallest absolute Gasteiger partial charge is 0.138 e. The molecule has 0 bridgehead atoms. The second-order valence-corrected chi connectivity index (χ2v) is 3.52. The fourth-order valence-electron chi connectivity index (χ4n) is 1.56. The molecule has 5 heteroatoms. The van der Waals surface area contributed by atoms with Crippen LogP contribution >= 0.6 is 0 Å². The molecule has 2 aromatic rings. The van der Waals surface area contributed by atoms with Crippen LogP contribution in [-0.2, 0) is 13.1 Å². The van der Waals surface area contributed by atoms with Crippen LogP contribution in [0.5, 0.6) is 0 Å². The average molecular weight is 206 g/mol. The zero-order chi connectivity index (χ0) is 10.8. The van der Waals surface area contributed by atoms with Crippen LogP contribution in [0.2, 0.25) is 0 Å². The van der Waals surface area contributed by atoms with Crippen molar-refractivity contribution in [2.45, 2.75) is 26.9 Å². The maximum atomic E-state index is 5.60. The van der Waals surface area contributed by atoms with E-state index in [2.05, 4.69) is 10.1 Å². The highest BCUT2D eigenvalue weighted by atomic mass is 16.5. The highest BCUT2D eigenvalue weighted by Crippen LogP contribution is 2.14. The molecule has 0 aliphatic carbocycles. The third-order valence-corrected chi connectivity index (χ3v) is 2.52. The molecule has 0 unspecified atom stereocenters. The lowest BCUT2D eigenvalue weighted by molar-refractivity contribution is 0.392. The summed E-state index contributed by atoms with van der Waals surface area (Å²) in [5, 5.41) is 3.91. The van der Waals surface area contributed by atoms with E-state index in [9.17, 15) is 0 Å². The van der Waals surface area contributed by atoms with Gasteiger partial charge in [0, 0.05) is 18.3 Å². The summed E-state index contributed by atoms with van der Waals surface area (Å²) < 4.78 is 7.11. The zero-order valence-corrected chi connectivity index (χ0v) is 8.90. The van der Waals surface area contributed by atoms with Crippen molar-refractivity contribution in [3.63, 3.8) is 0 Å². The Morgan fingerprint density at radius 2 is 2.27 bits per heavy atom. The molecule has 2 N–H and O–H groups in total. The van der Waals surface area contributed by atoms with Gasteiger partial charge in [0.1, 0.15) is 5.76 Å². The topological polar surface area (TPSA) is 69.9 Å². The van der Waals surface area contributed by atoms with Crippen molar-refractivity contribution in [3.8, 4) is 0 Å². The highest BCUT2D eigenvalue weighted by Gasteiger charge is 2.10. The van der Waals surface area contributed by atoms with Crippen molar-refractivity contribution in [2.24, 2.45) is 5.73 Å². The maximum Gasteiger partial charge on any atom is 0.138 e. The minimum Gasteiger partial charge on any atom is -0.361 e. The van der Waals surface area contributed by atoms with Gasteiger partial charge in [-0.2, -0.15) is 0 Å². The molecule has 0 saturated carbocycles. The summed E-state index contributed by atoms with van der Waals surface area (Å²) in [5.74, 6) is 0.851. The summed E-state index contributed by atoms with van der Waals surface area (Å²) in [6, 6.07) is 0. The normalized spacial score (nSPS) is 10.9. The molecular formula is C10H14N4O. The van der Waals surface area contributed by atoms with E-state index in [0.717, 1.165) is 22.7 Å². The maximum absolute atomic E-state index is 5.60. The third-order valence-electron chi connectivity index (χ3n) is 2.52. The first-order chi connectivity index (χ1) is 7.22. The minimum absolute atomic E-state index is 0.489. The number of nitrogens with zero attached hydrogens (tertiary/aromatic N) is 3. The van der Waals surface area contributed by atoms with Crippen molar-refractivity contribution in [1.29, 1.82) is 0 Å². The lowest BCUT2D eigenvalue weighted by atomic mass is 10.2. The molecule has 2 heterocycles. The summed E-state index contributed by atoms with van der Waals surface area (Å²) in [6.45, 7) is 5.05. The minimum atomic E-state index is 0.489. The number of nitrogens with two attached hydrogens (primary N) is 1. The number of imidazole rings is 1. The average Bonchev–Trinajstić information content (AvgIpc) is 2.79. The van der Waals surface area contributed by atoms with Crippen LogP contribution in [0.3, 0.4) is 0 Å². The van der Waals surface area contributed by atoms with Crippen LogP contribution in [0.4, 0.5) is 0 Å². The van der Waals surface area contributed by atoms with E-state index in [0.29, 0.717) is 13.1 Å². The first kappa shape index (κ1) is 9.92. The Bertz CT molecular complexity index is 438. The van der Waals surface area contributed by atoms with Crippen molar-refractivity contribution < 1.29 is 4.52 Å². The van der Waals surface area contributed by atoms with Crippen LogP contribution in [0, 0.1) is 13.8 Å². The van der Waals surface area contributed by atoms with Crippen molar-refractivity contribution in [3.05, 3.63) is 35.2 Å². The fraction of sp³-hybridized carbons (Fsp3) is 0.400. The van der Waals surface area contributed by atoms with Crippen molar-refractivity contribution in [1.82, 2.24) is 14.7 Å². The lowest BCUT2D eigenvalue weighted by Crippen LogP contribution is -2.08. The highest BCUT2D eigenvalue weighted by molar-refractivity contribution is 5.21. The largest absolute Gasteiger partial charge is 0.361 e. The van der Waals surface area contributed by atoms with Crippen LogP contribution in [0.1, 0.15) is 22.7 Å². The molecule has 0 atom stereocenters. The van der Waals surface area contributed by atoms with Gasteiger partial charge in [-0.15, -0.1) is 0 Å². The molecule has 5 nitrogen and oxygen atoms in total. The van der Waals surface area contributed by atoms with Gasteiger partial charge in [0.05, 0.1) is 24.3 Å². The molecule has 0 saturated heterocycles. The summed E-state index contributed by atoms with van der Waals surface area (Å²) in [4.78, 5) is 4.06. The van der Waals surface area contributed by atoms with Crippen molar-refractivity contribution in [2.75, 3.05) is 0 Å². The molecule has 0 amide bonds. The van der Waals surface area contributed by atoms with Gasteiger partial charge in [-0.1, -0.05) is 5.16 Å². The zero-order valence-electron chi connectivity index (χ0n) is 8.90. The fourth-order valence-corrected chi connectivity index (χ4v) is 1.56. The molecule has 80 valence electrons. The quantitative estimate of drug-likeness (QED) is 0.813. The number of aryl methyl sites for hydroxylation is 2. The molecule has 0 spiro atoms. The number of hydrogen-bond acceptors (Lipinski definition) is 4. The predicted octanol–water partition coefficient (Wildman–Crippen LogP) is 0.995. The van der Waals surface area contributed by atoms with Gasteiger partial charge < -0.3 is 14.8 Å². The lowest BCUT2D eigenvalue weighted by Gasteiger charge is -2.05. The van der Waals surface area contributed by atoms with E-state index in [1.54, 1.807) is 12.5 Å². The Kier molecular flexibility index (Phi) is 2.55. The summed E-state index contributed by atoms with van der Waals surface area (Å²) in [5.41, 5.74) is 8.63. The van der Waals surface area contributed by atoms with Gasteiger partial charge in [-0.25, -0.2) is 4.98 Å². The second kappa shape index (κ2) is 3.86. The van der Waals surface area contributed by atoms with Gasteiger partial charge in [-0.05, 0) is 13.8 Å². The molecule has 0 radical (unpaired) electrons. The van der Waals surface area contributed by atoms with E-state index in [-0.39, 0.29) is 0 Å². The molecule has 0 aliphatic rings. The van der Waals surface area contributed by atoms with Gasteiger partial charge in [0.25, 0.3) is 0 Å². The summed E-state index contributed by atoms with van der Waals surface area (Å²) >= 11 is 0. The number of rotatable bonds is 3. The number of hydrogen-bond donors (Lipinski definition) is 1. The standard InChI is InChI=1S/C10H14N4O/c1-7-10(8(2)15-13-7)5-14-6-12-4-9(14)3-11/h4,6H,3,5,11H2,1-2H3. The first-order valence-corrected chi connectivity index (χ1v) is 4.83. The molecule has 0 aliphatic heterocycles. The van der Waals surface area contributed by atoms with Gasteiger partial charge in [-0.3, -0.25) is 0 Å². The second-order valence-electron chi connectivity index (χ2n) is 3.52. The van der Waals surface area contributed by atoms with E-state index in [4.69, 9.17) is 10.3 Å². The Labute approximate surface area is 87.9 Å². The van der Waals surface area contributed by atoms with Crippen LogP contribution in [0.15, 0.2) is 17.0 Å². The molecule has 15 heavy (non-hydrogen) atoms. The van der Waals surface area contributed by atoms with E-state index in [1.165, 1.54) is 0 Å².